The van der Waals surface area contributed by atoms with Crippen LogP contribution in [0.15, 0.2) is 6.07 Å². The standard InChI is InChI=1S/C8H4ClF3N2O4/c1-3-4(14(16)17)2-5(18-8(10,11)12)13-6(3)7(9)15/h2H,1H3. The molecule has 0 amide bonds. The van der Waals surface area contributed by atoms with Crippen LogP contribution in [0, 0.1) is 17.0 Å². The van der Waals surface area contributed by atoms with Crippen molar-refractivity contribution >= 4 is 22.5 Å². The van der Waals surface area contributed by atoms with E-state index >= 15 is 0 Å². The Labute approximate surface area is 102 Å². The number of pyridine rings is 1. The third kappa shape index (κ3) is 3.29. The molecule has 1 aromatic rings. The highest BCUT2D eigenvalue weighted by Gasteiger charge is 2.33. The Morgan fingerprint density at radius 3 is 2.50 bits per heavy atom. The van der Waals surface area contributed by atoms with Crippen molar-refractivity contribution in [2.75, 3.05) is 0 Å². The molecule has 0 saturated carbocycles. The van der Waals surface area contributed by atoms with E-state index in [4.69, 9.17) is 11.6 Å². The minimum atomic E-state index is -5.08. The Kier molecular flexibility index (Phi) is 3.75. The monoisotopic (exact) mass is 284 g/mol. The van der Waals surface area contributed by atoms with Crippen molar-refractivity contribution in [3.63, 3.8) is 0 Å². The molecule has 1 heterocycles. The maximum atomic E-state index is 12.0. The maximum absolute atomic E-state index is 12.0. The van der Waals surface area contributed by atoms with Crippen molar-refractivity contribution in [2.24, 2.45) is 0 Å². The molecule has 0 N–H and O–H groups in total. The number of carbonyl (C=O) groups is 1. The average molecular weight is 285 g/mol. The summed E-state index contributed by atoms with van der Waals surface area (Å²) in [7, 11) is 0. The van der Waals surface area contributed by atoms with Gasteiger partial charge in [0.1, 0.15) is 5.69 Å². The van der Waals surface area contributed by atoms with Crippen molar-refractivity contribution in [2.45, 2.75) is 13.3 Å². The summed E-state index contributed by atoms with van der Waals surface area (Å²) in [4.78, 5) is 23.7. The van der Waals surface area contributed by atoms with Crippen LogP contribution < -0.4 is 4.74 Å². The predicted octanol–water partition coefficient (Wildman–Crippen LogP) is 2.58. The molecule has 0 saturated heterocycles. The zero-order valence-electron chi connectivity index (χ0n) is 8.62. The first kappa shape index (κ1) is 14.2. The van der Waals surface area contributed by atoms with E-state index in [0.29, 0.717) is 6.07 Å². The van der Waals surface area contributed by atoms with Gasteiger partial charge >= 0.3 is 6.36 Å². The van der Waals surface area contributed by atoms with Gasteiger partial charge in [0.2, 0.25) is 5.88 Å². The highest BCUT2D eigenvalue weighted by molar-refractivity contribution is 6.67. The molecule has 0 unspecified atom stereocenters. The Hall–Kier alpha value is -1.90. The van der Waals surface area contributed by atoms with Gasteiger partial charge in [0.05, 0.1) is 16.6 Å². The lowest BCUT2D eigenvalue weighted by molar-refractivity contribution is -0.385. The molecule has 0 radical (unpaired) electrons. The first-order valence-electron chi connectivity index (χ1n) is 4.23. The van der Waals surface area contributed by atoms with Gasteiger partial charge in [-0.1, -0.05) is 0 Å². The number of ether oxygens (including phenoxy) is 1. The second kappa shape index (κ2) is 4.77. The SMILES string of the molecule is Cc1c([N+](=O)[O-])cc(OC(F)(F)F)nc1C(=O)Cl. The molecule has 6 nitrogen and oxygen atoms in total. The quantitative estimate of drug-likeness (QED) is 0.484. The summed E-state index contributed by atoms with van der Waals surface area (Å²) in [5.74, 6) is -1.12. The fourth-order valence-corrected chi connectivity index (χ4v) is 1.31. The minimum absolute atomic E-state index is 0.241. The van der Waals surface area contributed by atoms with Crippen LogP contribution in [0.2, 0.25) is 0 Å². The number of nitro groups is 1. The van der Waals surface area contributed by atoms with Gasteiger partial charge in [-0.25, -0.2) is 4.98 Å². The molecule has 1 aromatic heterocycles. The van der Waals surface area contributed by atoms with Crippen molar-refractivity contribution in [3.05, 3.63) is 27.4 Å². The van der Waals surface area contributed by atoms with Gasteiger partial charge in [0.15, 0.2) is 0 Å². The number of halogens is 4. The first-order valence-corrected chi connectivity index (χ1v) is 4.61. The number of rotatable bonds is 3. The number of carbonyl (C=O) groups excluding carboxylic acids is 1. The topological polar surface area (TPSA) is 82.3 Å². The number of hydrogen-bond acceptors (Lipinski definition) is 5. The van der Waals surface area contributed by atoms with Crippen LogP contribution in [0.5, 0.6) is 5.88 Å². The van der Waals surface area contributed by atoms with Gasteiger partial charge in [0.25, 0.3) is 10.9 Å². The maximum Gasteiger partial charge on any atom is 0.574 e. The van der Waals surface area contributed by atoms with Crippen LogP contribution in [0.3, 0.4) is 0 Å². The Morgan fingerprint density at radius 1 is 1.56 bits per heavy atom. The minimum Gasteiger partial charge on any atom is -0.388 e. The number of hydrogen-bond donors (Lipinski definition) is 0. The van der Waals surface area contributed by atoms with E-state index in [1.807, 2.05) is 0 Å². The zero-order valence-corrected chi connectivity index (χ0v) is 9.37. The molecule has 0 aliphatic heterocycles. The van der Waals surface area contributed by atoms with E-state index in [9.17, 15) is 28.1 Å². The molecule has 0 aliphatic carbocycles. The fourth-order valence-electron chi connectivity index (χ4n) is 1.12. The molecule has 98 valence electrons. The van der Waals surface area contributed by atoms with Crippen LogP contribution in [-0.4, -0.2) is 21.5 Å². The molecule has 0 aliphatic rings. The third-order valence-electron chi connectivity index (χ3n) is 1.82. The number of alkyl halides is 3. The van der Waals surface area contributed by atoms with Crippen LogP contribution in [-0.2, 0) is 0 Å². The van der Waals surface area contributed by atoms with Gasteiger partial charge < -0.3 is 4.74 Å². The zero-order chi connectivity index (χ0) is 14.1. The number of nitrogens with zero attached hydrogens (tertiary/aromatic N) is 2. The highest BCUT2D eigenvalue weighted by atomic mass is 35.5. The van der Waals surface area contributed by atoms with E-state index in [0.717, 1.165) is 6.92 Å². The van der Waals surface area contributed by atoms with E-state index < -0.39 is 33.8 Å². The van der Waals surface area contributed by atoms with Gasteiger partial charge in [-0.3, -0.25) is 14.9 Å². The summed E-state index contributed by atoms with van der Waals surface area (Å²) in [5, 5.41) is 9.38. The third-order valence-corrected chi connectivity index (χ3v) is 2.00. The van der Waals surface area contributed by atoms with E-state index in [-0.39, 0.29) is 5.56 Å². The molecular weight excluding hydrogens is 281 g/mol. The predicted molar refractivity (Wildman–Crippen MR) is 52.5 cm³/mol. The molecule has 1 rings (SSSR count). The molecule has 0 bridgehead atoms. The van der Waals surface area contributed by atoms with Gasteiger partial charge in [-0.2, -0.15) is 0 Å². The van der Waals surface area contributed by atoms with Crippen molar-refractivity contribution in [1.29, 1.82) is 0 Å². The summed E-state index contributed by atoms with van der Waals surface area (Å²) in [6.07, 6.45) is -5.08. The van der Waals surface area contributed by atoms with Gasteiger partial charge in [-0.15, -0.1) is 13.2 Å². The van der Waals surface area contributed by atoms with Crippen molar-refractivity contribution in [3.8, 4) is 5.88 Å². The lowest BCUT2D eigenvalue weighted by Gasteiger charge is -2.09. The lowest BCUT2D eigenvalue weighted by Crippen LogP contribution is -2.19. The van der Waals surface area contributed by atoms with E-state index in [1.54, 1.807) is 0 Å². The Balaban J connectivity index is 3.38. The summed E-state index contributed by atoms with van der Waals surface area (Å²) < 4.78 is 39.3. The first-order chi connectivity index (χ1) is 8.11. The second-order valence-corrected chi connectivity index (χ2v) is 3.38. The molecule has 18 heavy (non-hydrogen) atoms. The van der Waals surface area contributed by atoms with Crippen molar-refractivity contribution in [1.82, 2.24) is 4.98 Å². The molecule has 0 aromatic carbocycles. The summed E-state index contributed by atoms with van der Waals surface area (Å²) in [5.41, 5.74) is -1.65. The van der Waals surface area contributed by atoms with Crippen LogP contribution in [0.4, 0.5) is 18.9 Å². The summed E-state index contributed by atoms with van der Waals surface area (Å²) in [6.45, 7) is 1.14. The number of aromatic nitrogens is 1. The van der Waals surface area contributed by atoms with Gasteiger partial charge in [-0.05, 0) is 18.5 Å². The van der Waals surface area contributed by atoms with Gasteiger partial charge in [0, 0.05) is 0 Å². The Morgan fingerprint density at radius 2 is 2.11 bits per heavy atom. The largest absolute Gasteiger partial charge is 0.574 e. The van der Waals surface area contributed by atoms with E-state index in [2.05, 4.69) is 9.72 Å². The average Bonchev–Trinajstić information content (AvgIpc) is 2.17. The Bertz CT molecular complexity index is 483. The molecular formula is C8H4ClF3N2O4. The van der Waals surface area contributed by atoms with E-state index in [1.165, 1.54) is 0 Å². The molecule has 0 atom stereocenters. The summed E-state index contributed by atoms with van der Waals surface area (Å²) in [6, 6.07) is 0.464. The lowest BCUT2D eigenvalue weighted by atomic mass is 10.2. The normalized spacial score (nSPS) is 11.2. The fraction of sp³-hybridized carbons (Fsp3) is 0.250. The van der Waals surface area contributed by atoms with Crippen molar-refractivity contribution < 1.29 is 27.6 Å². The van der Waals surface area contributed by atoms with Crippen LogP contribution in [0.25, 0.3) is 0 Å². The smallest absolute Gasteiger partial charge is 0.388 e. The molecule has 0 fully saturated rings. The second-order valence-electron chi connectivity index (χ2n) is 3.03. The summed E-state index contributed by atoms with van der Waals surface area (Å²) >= 11 is 5.07. The van der Waals surface area contributed by atoms with Crippen LogP contribution >= 0.6 is 11.6 Å². The highest BCUT2D eigenvalue weighted by Crippen LogP contribution is 2.29. The molecule has 0 spiro atoms. The van der Waals surface area contributed by atoms with Crippen LogP contribution in [0.1, 0.15) is 16.1 Å². The molecule has 10 heteroatoms.